The molecule has 1 aliphatic carbocycles. The molecule has 1 aliphatic heterocycles. The fourth-order valence-electron chi connectivity index (χ4n) is 4.59. The fraction of sp³-hybridized carbons (Fsp3) is 0.500. The molecule has 1 unspecified atom stereocenters. The Morgan fingerprint density at radius 2 is 1.88 bits per heavy atom. The summed E-state index contributed by atoms with van der Waals surface area (Å²) in [6.07, 6.45) is 4.69. The van der Waals surface area contributed by atoms with Crippen LogP contribution in [0.3, 0.4) is 0 Å². The highest BCUT2D eigenvalue weighted by Gasteiger charge is 2.33. The molecular weight excluding hydrogens is 430 g/mol. The number of aromatic amines is 1. The molecule has 10 heteroatoms. The number of methoxy groups -OCH3 is 1. The first-order chi connectivity index (χ1) is 15.4. The molecule has 0 spiro atoms. The first-order valence-corrected chi connectivity index (χ1v) is 12.5. The van der Waals surface area contributed by atoms with Gasteiger partial charge < -0.3 is 9.72 Å². The van der Waals surface area contributed by atoms with Crippen molar-refractivity contribution in [3.63, 3.8) is 0 Å². The van der Waals surface area contributed by atoms with Crippen LogP contribution in [-0.4, -0.2) is 52.7 Å². The number of ether oxygens (including phenoxy) is 1. The highest BCUT2D eigenvalue weighted by atomic mass is 32.2. The summed E-state index contributed by atoms with van der Waals surface area (Å²) in [5, 5.41) is 5.11. The van der Waals surface area contributed by atoms with Crippen LogP contribution < -0.4 is 10.3 Å². The molecule has 1 saturated heterocycles. The summed E-state index contributed by atoms with van der Waals surface area (Å²) in [5.41, 5.74) is 1.09. The Kier molecular flexibility index (Phi) is 5.29. The van der Waals surface area contributed by atoms with Crippen molar-refractivity contribution < 1.29 is 13.2 Å². The van der Waals surface area contributed by atoms with Crippen molar-refractivity contribution in [2.45, 2.75) is 55.9 Å². The van der Waals surface area contributed by atoms with E-state index in [2.05, 4.69) is 10.1 Å². The number of sulfonamides is 1. The monoisotopic (exact) mass is 457 g/mol. The van der Waals surface area contributed by atoms with E-state index in [1.165, 1.54) is 4.31 Å². The number of fused-ring (bicyclic) bond motifs is 1. The molecular formula is C22H27N5O4S. The summed E-state index contributed by atoms with van der Waals surface area (Å²) in [6.45, 7) is 2.55. The lowest BCUT2D eigenvalue weighted by atomic mass is 9.93. The zero-order valence-electron chi connectivity index (χ0n) is 18.2. The number of benzene rings is 1. The van der Waals surface area contributed by atoms with Crippen LogP contribution in [0, 0.1) is 6.92 Å². The van der Waals surface area contributed by atoms with Crippen molar-refractivity contribution in [2.75, 3.05) is 20.2 Å². The second-order valence-electron chi connectivity index (χ2n) is 8.64. The van der Waals surface area contributed by atoms with E-state index in [0.717, 1.165) is 25.7 Å². The summed E-state index contributed by atoms with van der Waals surface area (Å²) in [5.74, 6) is 0.963. The van der Waals surface area contributed by atoms with E-state index in [9.17, 15) is 13.2 Å². The summed E-state index contributed by atoms with van der Waals surface area (Å²) in [4.78, 5) is 20.8. The van der Waals surface area contributed by atoms with Gasteiger partial charge in [0.1, 0.15) is 17.0 Å². The van der Waals surface area contributed by atoms with Crippen LogP contribution in [0.5, 0.6) is 5.75 Å². The minimum Gasteiger partial charge on any atom is -0.497 e. The molecule has 1 aromatic carbocycles. The van der Waals surface area contributed by atoms with E-state index in [1.807, 2.05) is 11.6 Å². The third kappa shape index (κ3) is 3.51. The molecule has 32 heavy (non-hydrogen) atoms. The summed E-state index contributed by atoms with van der Waals surface area (Å²) < 4.78 is 34.9. The standard InChI is InChI=1S/C22H27N5O4S/c1-14-19-21(27(25-14)16-6-3-7-16)23-20(24-22(19)28)15-5-4-12-26(13-15)32(29,30)18-10-8-17(31-2)9-11-18/h8-11,15-16H,3-7,12-13H2,1-2H3,(H,23,24,28). The molecule has 0 bridgehead atoms. The first-order valence-electron chi connectivity index (χ1n) is 11.0. The Bertz CT molecular complexity index is 1310. The predicted molar refractivity (Wildman–Crippen MR) is 120 cm³/mol. The maximum Gasteiger partial charge on any atom is 0.262 e. The van der Waals surface area contributed by atoms with Crippen LogP contribution in [0.2, 0.25) is 0 Å². The largest absolute Gasteiger partial charge is 0.497 e. The van der Waals surface area contributed by atoms with Crippen molar-refractivity contribution in [1.29, 1.82) is 0 Å². The van der Waals surface area contributed by atoms with Crippen molar-refractivity contribution >= 4 is 21.1 Å². The highest BCUT2D eigenvalue weighted by Crippen LogP contribution is 2.34. The van der Waals surface area contributed by atoms with Crippen molar-refractivity contribution in [1.82, 2.24) is 24.1 Å². The van der Waals surface area contributed by atoms with Gasteiger partial charge in [-0.15, -0.1) is 0 Å². The predicted octanol–water partition coefficient (Wildman–Crippen LogP) is 2.73. The molecule has 5 rings (SSSR count). The molecule has 170 valence electrons. The Morgan fingerprint density at radius 1 is 1.12 bits per heavy atom. The zero-order chi connectivity index (χ0) is 22.5. The Balaban J connectivity index is 1.47. The SMILES string of the molecule is COc1ccc(S(=O)(=O)N2CCCC(c3nc4c(c(C)nn4C4CCC4)c(=O)[nH]3)C2)cc1. The number of nitrogens with zero attached hydrogens (tertiary/aromatic N) is 4. The molecule has 0 amide bonds. The van der Waals surface area contributed by atoms with E-state index in [-0.39, 0.29) is 29.0 Å². The van der Waals surface area contributed by atoms with Gasteiger partial charge in [-0.2, -0.15) is 9.40 Å². The average molecular weight is 458 g/mol. The summed E-state index contributed by atoms with van der Waals surface area (Å²) in [6, 6.07) is 6.69. The van der Waals surface area contributed by atoms with Crippen LogP contribution in [0.15, 0.2) is 34.0 Å². The van der Waals surface area contributed by atoms with Gasteiger partial charge in [0.25, 0.3) is 5.56 Å². The second-order valence-corrected chi connectivity index (χ2v) is 10.6. The number of hydrogen-bond acceptors (Lipinski definition) is 6. The van der Waals surface area contributed by atoms with Crippen LogP contribution in [0.25, 0.3) is 11.0 Å². The number of nitrogens with one attached hydrogen (secondary N) is 1. The van der Waals surface area contributed by atoms with Gasteiger partial charge in [-0.3, -0.25) is 4.79 Å². The number of piperidine rings is 1. The molecule has 3 aromatic rings. The van der Waals surface area contributed by atoms with Crippen LogP contribution in [-0.2, 0) is 10.0 Å². The van der Waals surface area contributed by atoms with E-state index in [4.69, 9.17) is 9.72 Å². The molecule has 1 atom stereocenters. The number of rotatable bonds is 5. The molecule has 2 fully saturated rings. The maximum absolute atomic E-state index is 13.2. The van der Waals surface area contributed by atoms with Crippen LogP contribution in [0.1, 0.15) is 55.6 Å². The normalized spacial score (nSPS) is 20.4. The van der Waals surface area contributed by atoms with Gasteiger partial charge in [-0.05, 0) is 63.3 Å². The lowest BCUT2D eigenvalue weighted by Gasteiger charge is -2.31. The van der Waals surface area contributed by atoms with Gasteiger partial charge in [-0.25, -0.2) is 18.1 Å². The van der Waals surface area contributed by atoms with Gasteiger partial charge >= 0.3 is 0 Å². The van der Waals surface area contributed by atoms with Crippen LogP contribution in [0.4, 0.5) is 0 Å². The minimum absolute atomic E-state index is 0.182. The van der Waals surface area contributed by atoms with Crippen LogP contribution >= 0.6 is 0 Å². The van der Waals surface area contributed by atoms with Crippen molar-refractivity contribution in [3.8, 4) is 5.75 Å². The second kappa shape index (κ2) is 8.00. The van der Waals surface area contributed by atoms with Gasteiger partial charge in [-0.1, -0.05) is 0 Å². The maximum atomic E-state index is 13.2. The van der Waals surface area contributed by atoms with Crippen molar-refractivity contribution in [3.05, 3.63) is 46.1 Å². The van der Waals surface area contributed by atoms with Crippen molar-refractivity contribution in [2.24, 2.45) is 0 Å². The minimum atomic E-state index is -3.65. The molecule has 2 aliphatic rings. The molecule has 3 heterocycles. The number of aromatic nitrogens is 4. The van der Waals surface area contributed by atoms with Gasteiger partial charge in [0.2, 0.25) is 10.0 Å². The fourth-order valence-corrected chi connectivity index (χ4v) is 6.11. The van der Waals surface area contributed by atoms with Gasteiger partial charge in [0.05, 0.1) is 23.7 Å². The number of hydrogen-bond donors (Lipinski definition) is 1. The van der Waals surface area contributed by atoms with E-state index in [1.54, 1.807) is 31.4 Å². The third-order valence-corrected chi connectivity index (χ3v) is 8.52. The quantitative estimate of drug-likeness (QED) is 0.631. The Morgan fingerprint density at radius 3 is 2.53 bits per heavy atom. The third-order valence-electron chi connectivity index (χ3n) is 6.64. The Labute approximate surface area is 186 Å². The first kappa shape index (κ1) is 21.1. The molecule has 1 saturated carbocycles. The summed E-state index contributed by atoms with van der Waals surface area (Å²) >= 11 is 0. The lowest BCUT2D eigenvalue weighted by molar-refractivity contribution is 0.293. The molecule has 0 radical (unpaired) electrons. The topological polar surface area (TPSA) is 110 Å². The molecule has 9 nitrogen and oxygen atoms in total. The Hall–Kier alpha value is -2.72. The average Bonchev–Trinajstić information content (AvgIpc) is 3.09. The smallest absolute Gasteiger partial charge is 0.262 e. The number of H-pyrrole nitrogens is 1. The molecule has 2 aromatic heterocycles. The highest BCUT2D eigenvalue weighted by molar-refractivity contribution is 7.89. The molecule has 1 N–H and O–H groups in total. The van der Waals surface area contributed by atoms with E-state index < -0.39 is 10.0 Å². The van der Waals surface area contributed by atoms with E-state index >= 15 is 0 Å². The number of aryl methyl sites for hydroxylation is 1. The van der Waals surface area contributed by atoms with E-state index in [0.29, 0.717) is 41.3 Å². The van der Waals surface area contributed by atoms with Gasteiger partial charge in [0, 0.05) is 19.0 Å². The summed E-state index contributed by atoms with van der Waals surface area (Å²) in [7, 11) is -2.11. The zero-order valence-corrected chi connectivity index (χ0v) is 19.1. The van der Waals surface area contributed by atoms with Gasteiger partial charge in [0.15, 0.2) is 5.65 Å². The lowest BCUT2D eigenvalue weighted by Crippen LogP contribution is -2.39.